The van der Waals surface area contributed by atoms with Crippen molar-refractivity contribution >= 4 is 0 Å². The van der Waals surface area contributed by atoms with E-state index >= 15 is 0 Å². The van der Waals surface area contributed by atoms with E-state index in [4.69, 9.17) is 4.74 Å². The molecule has 0 aliphatic carbocycles. The van der Waals surface area contributed by atoms with Crippen LogP contribution in [-0.2, 0) is 4.74 Å². The summed E-state index contributed by atoms with van der Waals surface area (Å²) >= 11 is 0. The van der Waals surface area contributed by atoms with Gasteiger partial charge in [-0.25, -0.2) is 0 Å². The summed E-state index contributed by atoms with van der Waals surface area (Å²) in [5.74, 6) is 0.726. The molecule has 0 amide bonds. The Morgan fingerprint density at radius 1 is 1.35 bits per heavy atom. The molecular formula is C14H30N2O. The summed E-state index contributed by atoms with van der Waals surface area (Å²) < 4.78 is 5.68. The maximum atomic E-state index is 5.68. The van der Waals surface area contributed by atoms with Gasteiger partial charge in [0.15, 0.2) is 0 Å². The van der Waals surface area contributed by atoms with Gasteiger partial charge in [0.25, 0.3) is 0 Å². The summed E-state index contributed by atoms with van der Waals surface area (Å²) in [4.78, 5) is 2.58. The predicted molar refractivity (Wildman–Crippen MR) is 73.4 cm³/mol. The molecule has 1 aliphatic heterocycles. The largest absolute Gasteiger partial charge is 0.380 e. The van der Waals surface area contributed by atoms with Crippen molar-refractivity contribution in [1.82, 2.24) is 10.2 Å². The molecule has 0 spiro atoms. The van der Waals surface area contributed by atoms with Gasteiger partial charge in [0.1, 0.15) is 0 Å². The Labute approximate surface area is 107 Å². The van der Waals surface area contributed by atoms with Gasteiger partial charge in [0, 0.05) is 25.2 Å². The zero-order valence-electron chi connectivity index (χ0n) is 12.0. The Morgan fingerprint density at radius 3 is 2.71 bits per heavy atom. The normalized spacial score (nSPS) is 25.8. The van der Waals surface area contributed by atoms with E-state index in [0.717, 1.165) is 38.6 Å². The number of hydrogen-bond donors (Lipinski definition) is 1. The third-order valence-corrected chi connectivity index (χ3v) is 3.46. The molecule has 1 aliphatic rings. The molecule has 17 heavy (non-hydrogen) atoms. The van der Waals surface area contributed by atoms with Gasteiger partial charge in [-0.15, -0.1) is 0 Å². The molecule has 2 atom stereocenters. The monoisotopic (exact) mass is 242 g/mol. The molecule has 1 heterocycles. The second-order valence-corrected chi connectivity index (χ2v) is 5.47. The van der Waals surface area contributed by atoms with Crippen molar-refractivity contribution in [2.75, 3.05) is 32.8 Å². The van der Waals surface area contributed by atoms with Gasteiger partial charge < -0.3 is 10.1 Å². The molecule has 3 heteroatoms. The SMILES string of the molecule is CCCNC1CCOCC1N(CC)CC(C)C. The van der Waals surface area contributed by atoms with E-state index in [1.807, 2.05) is 0 Å². The molecule has 0 aromatic heterocycles. The second kappa shape index (κ2) is 8.06. The van der Waals surface area contributed by atoms with Crippen LogP contribution in [0.3, 0.4) is 0 Å². The minimum atomic E-state index is 0.558. The van der Waals surface area contributed by atoms with E-state index in [1.165, 1.54) is 13.0 Å². The molecule has 1 N–H and O–H groups in total. The summed E-state index contributed by atoms with van der Waals surface area (Å²) in [6.45, 7) is 14.3. The van der Waals surface area contributed by atoms with Crippen LogP contribution in [0.5, 0.6) is 0 Å². The van der Waals surface area contributed by atoms with Gasteiger partial charge in [0.05, 0.1) is 6.61 Å². The zero-order chi connectivity index (χ0) is 12.7. The lowest BCUT2D eigenvalue weighted by Crippen LogP contribution is -2.56. The van der Waals surface area contributed by atoms with Gasteiger partial charge in [-0.05, 0) is 31.8 Å². The van der Waals surface area contributed by atoms with Crippen LogP contribution in [-0.4, -0.2) is 49.8 Å². The molecule has 2 unspecified atom stereocenters. The third-order valence-electron chi connectivity index (χ3n) is 3.46. The number of ether oxygens (including phenoxy) is 1. The van der Waals surface area contributed by atoms with Crippen molar-refractivity contribution in [3.05, 3.63) is 0 Å². The summed E-state index contributed by atoms with van der Waals surface area (Å²) in [7, 11) is 0. The standard InChI is InChI=1S/C14H30N2O/c1-5-8-15-13-7-9-17-11-14(13)16(6-2)10-12(3)4/h12-15H,5-11H2,1-4H3. The smallest absolute Gasteiger partial charge is 0.0637 e. The molecular weight excluding hydrogens is 212 g/mol. The van der Waals surface area contributed by atoms with E-state index in [9.17, 15) is 0 Å². The minimum absolute atomic E-state index is 0.558. The highest BCUT2D eigenvalue weighted by Crippen LogP contribution is 2.16. The number of likely N-dealkylation sites (N-methyl/N-ethyl adjacent to an activating group) is 1. The molecule has 0 radical (unpaired) electrons. The van der Waals surface area contributed by atoms with Crippen molar-refractivity contribution in [1.29, 1.82) is 0 Å². The van der Waals surface area contributed by atoms with E-state index in [-0.39, 0.29) is 0 Å². The Balaban J connectivity index is 2.54. The Bertz CT molecular complexity index is 197. The van der Waals surface area contributed by atoms with Crippen LogP contribution in [0.4, 0.5) is 0 Å². The van der Waals surface area contributed by atoms with Crippen LogP contribution >= 0.6 is 0 Å². The van der Waals surface area contributed by atoms with E-state index in [1.54, 1.807) is 0 Å². The van der Waals surface area contributed by atoms with E-state index in [2.05, 4.69) is 37.9 Å². The van der Waals surface area contributed by atoms with Crippen LogP contribution in [0.1, 0.15) is 40.5 Å². The van der Waals surface area contributed by atoms with Crippen molar-refractivity contribution in [2.24, 2.45) is 5.92 Å². The fourth-order valence-corrected chi connectivity index (χ4v) is 2.62. The lowest BCUT2D eigenvalue weighted by atomic mass is 10.0. The van der Waals surface area contributed by atoms with Gasteiger partial charge in [-0.3, -0.25) is 4.90 Å². The van der Waals surface area contributed by atoms with E-state index in [0.29, 0.717) is 12.1 Å². The Hall–Kier alpha value is -0.120. The average Bonchev–Trinajstić information content (AvgIpc) is 2.33. The highest BCUT2D eigenvalue weighted by atomic mass is 16.5. The summed E-state index contributed by atoms with van der Waals surface area (Å²) in [5.41, 5.74) is 0. The minimum Gasteiger partial charge on any atom is -0.380 e. The summed E-state index contributed by atoms with van der Waals surface area (Å²) in [6, 6.07) is 1.17. The molecule has 1 rings (SSSR count). The highest BCUT2D eigenvalue weighted by molar-refractivity contribution is 4.87. The summed E-state index contributed by atoms with van der Waals surface area (Å²) in [6.07, 6.45) is 2.36. The topological polar surface area (TPSA) is 24.5 Å². The maximum Gasteiger partial charge on any atom is 0.0637 e. The van der Waals surface area contributed by atoms with Crippen LogP contribution in [0.2, 0.25) is 0 Å². The van der Waals surface area contributed by atoms with Gasteiger partial charge in [-0.2, -0.15) is 0 Å². The first-order chi connectivity index (χ1) is 8.19. The fraction of sp³-hybridized carbons (Fsp3) is 1.00. The lowest BCUT2D eigenvalue weighted by molar-refractivity contribution is -0.00505. The highest BCUT2D eigenvalue weighted by Gasteiger charge is 2.29. The molecule has 0 aromatic carbocycles. The molecule has 0 bridgehead atoms. The predicted octanol–water partition coefficient (Wildman–Crippen LogP) is 2.12. The van der Waals surface area contributed by atoms with Crippen LogP contribution < -0.4 is 5.32 Å². The van der Waals surface area contributed by atoms with Crippen molar-refractivity contribution in [2.45, 2.75) is 52.6 Å². The molecule has 3 nitrogen and oxygen atoms in total. The van der Waals surface area contributed by atoms with Gasteiger partial charge in [0.2, 0.25) is 0 Å². The quantitative estimate of drug-likeness (QED) is 0.740. The van der Waals surface area contributed by atoms with Crippen molar-refractivity contribution < 1.29 is 4.74 Å². The first kappa shape index (κ1) is 14.9. The van der Waals surface area contributed by atoms with Crippen LogP contribution in [0, 0.1) is 5.92 Å². The Kier molecular flexibility index (Phi) is 7.09. The molecule has 0 saturated carbocycles. The zero-order valence-corrected chi connectivity index (χ0v) is 12.0. The van der Waals surface area contributed by atoms with E-state index < -0.39 is 0 Å². The number of hydrogen-bond acceptors (Lipinski definition) is 3. The van der Waals surface area contributed by atoms with Gasteiger partial charge in [-0.1, -0.05) is 27.7 Å². The number of nitrogens with zero attached hydrogens (tertiary/aromatic N) is 1. The molecule has 1 fully saturated rings. The van der Waals surface area contributed by atoms with Crippen molar-refractivity contribution in [3.63, 3.8) is 0 Å². The Morgan fingerprint density at radius 2 is 2.12 bits per heavy atom. The fourth-order valence-electron chi connectivity index (χ4n) is 2.62. The third kappa shape index (κ3) is 4.94. The molecule has 102 valence electrons. The number of rotatable bonds is 7. The first-order valence-electron chi connectivity index (χ1n) is 7.24. The van der Waals surface area contributed by atoms with Gasteiger partial charge >= 0.3 is 0 Å². The molecule has 1 saturated heterocycles. The summed E-state index contributed by atoms with van der Waals surface area (Å²) in [5, 5.41) is 3.69. The van der Waals surface area contributed by atoms with Crippen LogP contribution in [0.25, 0.3) is 0 Å². The second-order valence-electron chi connectivity index (χ2n) is 5.47. The van der Waals surface area contributed by atoms with Crippen molar-refractivity contribution in [3.8, 4) is 0 Å². The number of nitrogens with one attached hydrogen (secondary N) is 1. The lowest BCUT2D eigenvalue weighted by Gasteiger charge is -2.40. The maximum absolute atomic E-state index is 5.68. The average molecular weight is 242 g/mol. The molecule has 0 aromatic rings. The van der Waals surface area contributed by atoms with Crippen LogP contribution in [0.15, 0.2) is 0 Å². The first-order valence-corrected chi connectivity index (χ1v) is 7.24.